The number of nitrogens with zero attached hydrogens (tertiary/aromatic N) is 1. The first-order valence-corrected chi connectivity index (χ1v) is 11.2. The number of hydrogen-bond donors (Lipinski definition) is 1. The van der Waals surface area contributed by atoms with E-state index in [1.54, 1.807) is 30.0 Å². The molecule has 0 spiro atoms. The van der Waals surface area contributed by atoms with Crippen molar-refractivity contribution in [2.75, 3.05) is 0 Å². The highest BCUT2D eigenvalue weighted by Crippen LogP contribution is 2.26. The maximum Gasteiger partial charge on any atom is 0.242 e. The van der Waals surface area contributed by atoms with E-state index in [4.69, 9.17) is 23.2 Å². The highest BCUT2D eigenvalue weighted by atomic mass is 35.5. The molecule has 0 aliphatic heterocycles. The molecule has 6 heteroatoms. The number of benzene rings is 2. The summed E-state index contributed by atoms with van der Waals surface area (Å²) in [6.45, 7) is 4.14. The third-order valence-corrected chi connectivity index (χ3v) is 6.40. The van der Waals surface area contributed by atoms with Crippen LogP contribution in [0, 0.1) is 6.92 Å². The number of amides is 2. The Morgan fingerprint density at radius 3 is 2.37 bits per heavy atom. The highest BCUT2D eigenvalue weighted by molar-refractivity contribution is 6.36. The van der Waals surface area contributed by atoms with Crippen LogP contribution < -0.4 is 5.32 Å². The quantitative estimate of drug-likeness (QED) is 0.625. The first kappa shape index (κ1) is 22.6. The SMILES string of the molecule is Cc1cccc(CN(C(=O)Cc2c(Cl)cccc2Cl)[C@H](C)C(=O)NC2CCCC2)c1. The average molecular weight is 447 g/mol. The van der Waals surface area contributed by atoms with E-state index in [1.807, 2.05) is 31.2 Å². The van der Waals surface area contributed by atoms with Crippen molar-refractivity contribution in [1.82, 2.24) is 10.2 Å². The van der Waals surface area contributed by atoms with Gasteiger partial charge in [-0.2, -0.15) is 0 Å². The minimum absolute atomic E-state index is 0.0470. The van der Waals surface area contributed by atoms with Gasteiger partial charge < -0.3 is 10.2 Å². The fraction of sp³-hybridized carbons (Fsp3) is 0.417. The van der Waals surface area contributed by atoms with Crippen molar-refractivity contribution < 1.29 is 9.59 Å². The third kappa shape index (κ3) is 5.77. The number of nitrogens with one attached hydrogen (secondary N) is 1. The van der Waals surface area contributed by atoms with Crippen LogP contribution in [-0.2, 0) is 22.6 Å². The van der Waals surface area contributed by atoms with Gasteiger partial charge in [0.2, 0.25) is 11.8 Å². The predicted octanol–water partition coefficient (Wildman–Crippen LogP) is 5.32. The summed E-state index contributed by atoms with van der Waals surface area (Å²) in [4.78, 5) is 27.9. The fourth-order valence-electron chi connectivity index (χ4n) is 3.94. The molecule has 160 valence electrons. The molecule has 1 atom stereocenters. The van der Waals surface area contributed by atoms with Crippen LogP contribution in [-0.4, -0.2) is 28.8 Å². The van der Waals surface area contributed by atoms with Crippen LogP contribution in [0.5, 0.6) is 0 Å². The van der Waals surface area contributed by atoms with Crippen LogP contribution in [0.4, 0.5) is 0 Å². The summed E-state index contributed by atoms with van der Waals surface area (Å²) < 4.78 is 0. The Bertz CT molecular complexity index is 890. The van der Waals surface area contributed by atoms with E-state index in [0.717, 1.165) is 36.8 Å². The zero-order chi connectivity index (χ0) is 21.7. The minimum atomic E-state index is -0.597. The van der Waals surface area contributed by atoms with Crippen LogP contribution in [0.25, 0.3) is 0 Å². The molecule has 0 aromatic heterocycles. The van der Waals surface area contributed by atoms with E-state index < -0.39 is 6.04 Å². The lowest BCUT2D eigenvalue weighted by atomic mass is 10.1. The Balaban J connectivity index is 1.82. The summed E-state index contributed by atoms with van der Waals surface area (Å²) in [6, 6.07) is 12.8. The zero-order valence-electron chi connectivity index (χ0n) is 17.5. The van der Waals surface area contributed by atoms with Crippen LogP contribution in [0.3, 0.4) is 0 Å². The average Bonchev–Trinajstić information content (AvgIpc) is 3.21. The molecular formula is C24H28Cl2N2O2. The van der Waals surface area contributed by atoms with Crippen molar-refractivity contribution in [2.24, 2.45) is 0 Å². The number of carbonyl (C=O) groups is 2. The number of halogens is 2. The lowest BCUT2D eigenvalue weighted by Crippen LogP contribution is -2.50. The summed E-state index contributed by atoms with van der Waals surface area (Å²) >= 11 is 12.6. The minimum Gasteiger partial charge on any atom is -0.352 e. The molecule has 30 heavy (non-hydrogen) atoms. The van der Waals surface area contributed by atoms with Crippen molar-refractivity contribution in [3.63, 3.8) is 0 Å². The van der Waals surface area contributed by atoms with E-state index in [0.29, 0.717) is 22.2 Å². The first-order valence-electron chi connectivity index (χ1n) is 10.4. The van der Waals surface area contributed by atoms with Crippen molar-refractivity contribution in [3.8, 4) is 0 Å². The molecule has 0 saturated heterocycles. The standard InChI is InChI=1S/C24H28Cl2N2O2/c1-16-7-5-8-18(13-16)15-28(17(2)24(30)27-19-9-3-4-10-19)23(29)14-20-21(25)11-6-12-22(20)26/h5-8,11-13,17,19H,3-4,9-10,14-15H2,1-2H3,(H,27,30)/t17-/m1/s1. The van der Waals surface area contributed by atoms with Crippen LogP contribution in [0.1, 0.15) is 49.3 Å². The number of carbonyl (C=O) groups excluding carboxylic acids is 2. The highest BCUT2D eigenvalue weighted by Gasteiger charge is 2.29. The second-order valence-electron chi connectivity index (χ2n) is 8.05. The summed E-state index contributed by atoms with van der Waals surface area (Å²) in [7, 11) is 0. The maximum absolute atomic E-state index is 13.3. The van der Waals surface area contributed by atoms with Gasteiger partial charge in [-0.25, -0.2) is 0 Å². The number of hydrogen-bond acceptors (Lipinski definition) is 2. The second kappa shape index (κ2) is 10.3. The molecule has 0 unspecified atom stereocenters. The van der Waals surface area contributed by atoms with Gasteiger partial charge in [0.25, 0.3) is 0 Å². The van der Waals surface area contributed by atoms with Crippen LogP contribution in [0.15, 0.2) is 42.5 Å². The zero-order valence-corrected chi connectivity index (χ0v) is 19.0. The van der Waals surface area contributed by atoms with Gasteiger partial charge >= 0.3 is 0 Å². The molecule has 0 bridgehead atoms. The van der Waals surface area contributed by atoms with Gasteiger partial charge in [0.15, 0.2) is 0 Å². The van der Waals surface area contributed by atoms with Gasteiger partial charge in [-0.3, -0.25) is 9.59 Å². The van der Waals surface area contributed by atoms with Gasteiger partial charge in [-0.15, -0.1) is 0 Å². The predicted molar refractivity (Wildman–Crippen MR) is 122 cm³/mol. The Labute approximate surface area is 188 Å². The largest absolute Gasteiger partial charge is 0.352 e. The van der Waals surface area contributed by atoms with Gasteiger partial charge in [-0.1, -0.05) is 71.9 Å². The maximum atomic E-state index is 13.3. The van der Waals surface area contributed by atoms with Gasteiger partial charge in [0.1, 0.15) is 6.04 Å². The lowest BCUT2D eigenvalue weighted by molar-refractivity contribution is -0.140. The van der Waals surface area contributed by atoms with Crippen molar-refractivity contribution in [1.29, 1.82) is 0 Å². The summed E-state index contributed by atoms with van der Waals surface area (Å²) in [5, 5.41) is 4.02. The lowest BCUT2D eigenvalue weighted by Gasteiger charge is -2.30. The second-order valence-corrected chi connectivity index (χ2v) is 8.87. The molecule has 0 heterocycles. The monoisotopic (exact) mass is 446 g/mol. The molecule has 1 fully saturated rings. The Morgan fingerprint density at radius 1 is 1.10 bits per heavy atom. The van der Waals surface area contributed by atoms with E-state index in [2.05, 4.69) is 5.32 Å². The smallest absolute Gasteiger partial charge is 0.242 e. The molecule has 1 N–H and O–H groups in total. The molecule has 2 aromatic carbocycles. The topological polar surface area (TPSA) is 49.4 Å². The van der Waals surface area contributed by atoms with Crippen LogP contribution >= 0.6 is 23.2 Å². The molecule has 0 radical (unpaired) electrons. The number of aryl methyl sites for hydroxylation is 1. The van der Waals surface area contributed by atoms with Crippen molar-refractivity contribution in [3.05, 3.63) is 69.2 Å². The van der Waals surface area contributed by atoms with Gasteiger partial charge in [0, 0.05) is 22.6 Å². The van der Waals surface area contributed by atoms with E-state index >= 15 is 0 Å². The third-order valence-electron chi connectivity index (χ3n) is 5.69. The van der Waals surface area contributed by atoms with E-state index in [-0.39, 0.29) is 24.3 Å². The molecule has 1 aliphatic rings. The Hall–Kier alpha value is -2.04. The molecule has 2 amide bonds. The number of rotatable bonds is 7. The fourth-order valence-corrected chi connectivity index (χ4v) is 4.47. The van der Waals surface area contributed by atoms with Crippen LogP contribution in [0.2, 0.25) is 10.0 Å². The molecule has 4 nitrogen and oxygen atoms in total. The normalized spacial score (nSPS) is 15.1. The van der Waals surface area contributed by atoms with Crippen molar-refractivity contribution >= 4 is 35.0 Å². The summed E-state index contributed by atoms with van der Waals surface area (Å²) in [6.07, 6.45) is 4.32. The van der Waals surface area contributed by atoms with Gasteiger partial charge in [0.05, 0.1) is 6.42 Å². The Morgan fingerprint density at radius 2 is 1.73 bits per heavy atom. The molecule has 1 aliphatic carbocycles. The van der Waals surface area contributed by atoms with E-state index in [1.165, 1.54) is 0 Å². The molecule has 2 aromatic rings. The summed E-state index contributed by atoms with van der Waals surface area (Å²) in [5.41, 5.74) is 2.68. The first-order chi connectivity index (χ1) is 14.3. The molecule has 1 saturated carbocycles. The van der Waals surface area contributed by atoms with E-state index in [9.17, 15) is 9.59 Å². The summed E-state index contributed by atoms with van der Waals surface area (Å²) in [5.74, 6) is -0.297. The Kier molecular flexibility index (Phi) is 7.79. The molecule has 3 rings (SSSR count). The van der Waals surface area contributed by atoms with Crippen molar-refractivity contribution in [2.45, 2.75) is 64.6 Å². The molecular weight excluding hydrogens is 419 g/mol. The van der Waals surface area contributed by atoms with Gasteiger partial charge in [-0.05, 0) is 49.9 Å².